The molecule has 0 aliphatic rings. The van der Waals surface area contributed by atoms with Gasteiger partial charge in [0.05, 0.1) is 17.8 Å². The lowest BCUT2D eigenvalue weighted by Crippen LogP contribution is -2.04. The van der Waals surface area contributed by atoms with Crippen LogP contribution in [0.3, 0.4) is 0 Å². The predicted molar refractivity (Wildman–Crippen MR) is 65.3 cm³/mol. The SMILES string of the molecule is COc1c(C)cc(-c2cc(C(F)(F)F)[nH]n2)cc1Cl. The molecule has 2 rings (SSSR count). The molecule has 3 nitrogen and oxygen atoms in total. The van der Waals surface area contributed by atoms with Crippen molar-refractivity contribution in [1.29, 1.82) is 0 Å². The number of H-pyrrole nitrogens is 1. The first-order valence-electron chi connectivity index (χ1n) is 5.30. The van der Waals surface area contributed by atoms with E-state index in [2.05, 4.69) is 5.10 Å². The highest BCUT2D eigenvalue weighted by atomic mass is 35.5. The summed E-state index contributed by atoms with van der Waals surface area (Å²) in [5.41, 5.74) is 0.503. The summed E-state index contributed by atoms with van der Waals surface area (Å²) in [6.45, 7) is 1.76. The molecule has 0 unspecified atom stereocenters. The number of benzene rings is 1. The minimum Gasteiger partial charge on any atom is -0.495 e. The zero-order chi connectivity index (χ0) is 14.2. The average Bonchev–Trinajstić information content (AvgIpc) is 2.77. The Balaban J connectivity index is 2.46. The fraction of sp³-hybridized carbons (Fsp3) is 0.250. The van der Waals surface area contributed by atoms with E-state index in [0.717, 1.165) is 11.6 Å². The van der Waals surface area contributed by atoms with Crippen LogP contribution in [0.5, 0.6) is 5.75 Å². The van der Waals surface area contributed by atoms with Crippen molar-refractivity contribution in [1.82, 2.24) is 10.2 Å². The Morgan fingerprint density at radius 2 is 1.95 bits per heavy atom. The average molecular weight is 291 g/mol. The Hall–Kier alpha value is -1.69. The lowest BCUT2D eigenvalue weighted by molar-refractivity contribution is -0.141. The van der Waals surface area contributed by atoms with E-state index < -0.39 is 11.9 Å². The zero-order valence-corrected chi connectivity index (χ0v) is 10.9. The summed E-state index contributed by atoms with van der Waals surface area (Å²) in [7, 11) is 1.48. The van der Waals surface area contributed by atoms with Crippen molar-refractivity contribution in [3.8, 4) is 17.0 Å². The molecule has 0 atom stereocenters. The lowest BCUT2D eigenvalue weighted by atomic mass is 10.1. The molecule has 0 aliphatic heterocycles. The quantitative estimate of drug-likeness (QED) is 0.905. The van der Waals surface area contributed by atoms with Gasteiger partial charge in [-0.15, -0.1) is 0 Å². The van der Waals surface area contributed by atoms with Crippen LogP contribution in [0.1, 0.15) is 11.3 Å². The number of ether oxygens (including phenoxy) is 1. The van der Waals surface area contributed by atoms with Crippen LogP contribution in [0.15, 0.2) is 18.2 Å². The van der Waals surface area contributed by atoms with Gasteiger partial charge < -0.3 is 4.74 Å². The number of aromatic amines is 1. The molecule has 0 saturated heterocycles. The van der Waals surface area contributed by atoms with E-state index in [1.54, 1.807) is 13.0 Å². The van der Waals surface area contributed by atoms with E-state index in [-0.39, 0.29) is 5.69 Å². The van der Waals surface area contributed by atoms with Gasteiger partial charge in [-0.1, -0.05) is 11.6 Å². The molecular formula is C12H10ClF3N2O. The number of hydrogen-bond acceptors (Lipinski definition) is 2. The Labute approximate surface area is 112 Å². The smallest absolute Gasteiger partial charge is 0.432 e. The third-order valence-electron chi connectivity index (χ3n) is 2.61. The molecule has 0 fully saturated rings. The first kappa shape index (κ1) is 13.7. The van der Waals surface area contributed by atoms with Crippen LogP contribution in [0.25, 0.3) is 11.3 Å². The molecule has 1 aromatic heterocycles. The van der Waals surface area contributed by atoms with Gasteiger partial charge in [0.1, 0.15) is 11.4 Å². The highest BCUT2D eigenvalue weighted by molar-refractivity contribution is 6.32. The van der Waals surface area contributed by atoms with Crippen LogP contribution in [0, 0.1) is 6.92 Å². The Morgan fingerprint density at radius 1 is 1.26 bits per heavy atom. The first-order valence-corrected chi connectivity index (χ1v) is 5.68. The maximum absolute atomic E-state index is 12.5. The van der Waals surface area contributed by atoms with Crippen molar-refractivity contribution in [3.05, 3.63) is 34.5 Å². The minimum absolute atomic E-state index is 0.181. The molecule has 0 bridgehead atoms. The van der Waals surface area contributed by atoms with E-state index in [0.29, 0.717) is 16.3 Å². The largest absolute Gasteiger partial charge is 0.495 e. The molecule has 1 aromatic carbocycles. The highest BCUT2D eigenvalue weighted by Gasteiger charge is 2.33. The monoisotopic (exact) mass is 290 g/mol. The molecule has 7 heteroatoms. The van der Waals surface area contributed by atoms with E-state index in [1.807, 2.05) is 5.10 Å². The van der Waals surface area contributed by atoms with Crippen LogP contribution in [-0.4, -0.2) is 17.3 Å². The molecule has 19 heavy (non-hydrogen) atoms. The first-order chi connectivity index (χ1) is 8.82. The number of alkyl halides is 3. The number of nitrogens with one attached hydrogen (secondary N) is 1. The fourth-order valence-electron chi connectivity index (χ4n) is 1.75. The van der Waals surface area contributed by atoms with Gasteiger partial charge in [0.15, 0.2) is 0 Å². The van der Waals surface area contributed by atoms with E-state index in [9.17, 15) is 13.2 Å². The second kappa shape index (κ2) is 4.77. The molecule has 102 valence electrons. The zero-order valence-electron chi connectivity index (χ0n) is 10.1. The predicted octanol–water partition coefficient (Wildman–Crippen LogP) is 4.07. The van der Waals surface area contributed by atoms with Crippen LogP contribution in [-0.2, 0) is 6.18 Å². The summed E-state index contributed by atoms with van der Waals surface area (Å²) in [5, 5.41) is 5.94. The standard InChI is InChI=1S/C12H10ClF3N2O/c1-6-3-7(4-8(13)11(6)19-2)9-5-10(18-17-9)12(14,15)16/h3-5H,1-2H3,(H,17,18). The summed E-state index contributed by atoms with van der Waals surface area (Å²) < 4.78 is 42.5. The van der Waals surface area contributed by atoms with Gasteiger partial charge in [-0.2, -0.15) is 18.3 Å². The number of halogens is 4. The van der Waals surface area contributed by atoms with E-state index >= 15 is 0 Å². The van der Waals surface area contributed by atoms with Crippen molar-refractivity contribution in [2.45, 2.75) is 13.1 Å². The second-order valence-corrected chi connectivity index (χ2v) is 4.38. The van der Waals surface area contributed by atoms with Crippen molar-refractivity contribution >= 4 is 11.6 Å². The number of aryl methyl sites for hydroxylation is 1. The third-order valence-corrected chi connectivity index (χ3v) is 2.89. The Kier molecular flexibility index (Phi) is 3.45. The molecule has 0 radical (unpaired) electrons. The molecule has 0 aliphatic carbocycles. The van der Waals surface area contributed by atoms with Crippen molar-refractivity contribution < 1.29 is 17.9 Å². The summed E-state index contributed by atoms with van der Waals surface area (Å²) >= 11 is 6.00. The minimum atomic E-state index is -4.45. The van der Waals surface area contributed by atoms with Crippen molar-refractivity contribution in [2.75, 3.05) is 7.11 Å². The van der Waals surface area contributed by atoms with Crippen LogP contribution < -0.4 is 4.74 Å². The number of nitrogens with zero attached hydrogens (tertiary/aromatic N) is 1. The molecule has 0 amide bonds. The number of hydrogen-bond donors (Lipinski definition) is 1. The van der Waals surface area contributed by atoms with Gasteiger partial charge in [0.2, 0.25) is 0 Å². The summed E-state index contributed by atoms with van der Waals surface area (Å²) in [4.78, 5) is 0. The number of rotatable bonds is 2. The summed E-state index contributed by atoms with van der Waals surface area (Å²) in [6.07, 6.45) is -4.45. The maximum atomic E-state index is 12.5. The molecular weight excluding hydrogens is 281 g/mol. The Bertz CT molecular complexity index is 584. The van der Waals surface area contributed by atoms with Gasteiger partial charge in [-0.05, 0) is 30.7 Å². The van der Waals surface area contributed by atoms with Crippen molar-refractivity contribution in [3.63, 3.8) is 0 Å². The summed E-state index contributed by atoms with van der Waals surface area (Å²) in [6, 6.07) is 4.13. The molecule has 0 spiro atoms. The van der Waals surface area contributed by atoms with Gasteiger partial charge in [-0.25, -0.2) is 0 Å². The van der Waals surface area contributed by atoms with Crippen LogP contribution in [0.2, 0.25) is 5.02 Å². The van der Waals surface area contributed by atoms with Gasteiger partial charge in [0.25, 0.3) is 0 Å². The topological polar surface area (TPSA) is 37.9 Å². The lowest BCUT2D eigenvalue weighted by Gasteiger charge is -2.08. The van der Waals surface area contributed by atoms with Gasteiger partial charge >= 0.3 is 6.18 Å². The second-order valence-electron chi connectivity index (χ2n) is 3.97. The molecule has 2 aromatic rings. The van der Waals surface area contributed by atoms with Gasteiger partial charge in [-0.3, -0.25) is 5.10 Å². The molecule has 1 N–H and O–H groups in total. The highest BCUT2D eigenvalue weighted by Crippen LogP contribution is 2.35. The third kappa shape index (κ3) is 2.68. The molecule has 1 heterocycles. The summed E-state index contributed by atoms with van der Waals surface area (Å²) in [5.74, 6) is 0.497. The fourth-order valence-corrected chi connectivity index (χ4v) is 2.10. The van der Waals surface area contributed by atoms with E-state index in [1.165, 1.54) is 13.2 Å². The Morgan fingerprint density at radius 3 is 2.42 bits per heavy atom. The van der Waals surface area contributed by atoms with Crippen LogP contribution >= 0.6 is 11.6 Å². The van der Waals surface area contributed by atoms with Crippen molar-refractivity contribution in [2.24, 2.45) is 0 Å². The molecule has 0 saturated carbocycles. The van der Waals surface area contributed by atoms with Crippen LogP contribution in [0.4, 0.5) is 13.2 Å². The maximum Gasteiger partial charge on any atom is 0.432 e. The normalized spacial score (nSPS) is 11.7. The number of aromatic nitrogens is 2. The number of methoxy groups -OCH3 is 1. The van der Waals surface area contributed by atoms with E-state index in [4.69, 9.17) is 16.3 Å². The van der Waals surface area contributed by atoms with Gasteiger partial charge in [0, 0.05) is 5.56 Å².